The van der Waals surface area contributed by atoms with E-state index < -0.39 is 0 Å². The topological polar surface area (TPSA) is 23.8 Å². The van der Waals surface area contributed by atoms with Gasteiger partial charge < -0.3 is 0 Å². The Morgan fingerprint density at radius 3 is 2.75 bits per heavy atom. The van der Waals surface area contributed by atoms with Crippen molar-refractivity contribution in [3.63, 3.8) is 0 Å². The van der Waals surface area contributed by atoms with Gasteiger partial charge in [0.2, 0.25) is 0 Å². The van der Waals surface area contributed by atoms with Crippen LogP contribution in [0.2, 0.25) is 10.0 Å². The molecular formula is C9H5Cl2N. The van der Waals surface area contributed by atoms with Gasteiger partial charge >= 0.3 is 0 Å². The van der Waals surface area contributed by atoms with Crippen LogP contribution in [0, 0.1) is 11.3 Å². The average Bonchev–Trinajstić information content (AvgIpc) is 2.08. The molecule has 0 bridgehead atoms. The molecule has 1 aromatic carbocycles. The average molecular weight is 198 g/mol. The molecule has 0 amide bonds. The minimum Gasteiger partial charge on any atom is -0.193 e. The summed E-state index contributed by atoms with van der Waals surface area (Å²) in [5.74, 6) is 0. The summed E-state index contributed by atoms with van der Waals surface area (Å²) in [4.78, 5) is 0. The molecule has 1 rings (SSSR count). The summed E-state index contributed by atoms with van der Waals surface area (Å²) in [6.45, 7) is 0. The molecule has 0 unspecified atom stereocenters. The second-order valence-corrected chi connectivity index (χ2v) is 2.89. The van der Waals surface area contributed by atoms with E-state index in [2.05, 4.69) is 0 Å². The van der Waals surface area contributed by atoms with E-state index >= 15 is 0 Å². The zero-order valence-electron chi connectivity index (χ0n) is 6.09. The van der Waals surface area contributed by atoms with Crippen molar-refractivity contribution < 1.29 is 0 Å². The van der Waals surface area contributed by atoms with E-state index in [1.165, 1.54) is 6.08 Å². The maximum Gasteiger partial charge on any atom is 0.0912 e. The molecule has 0 spiro atoms. The maximum absolute atomic E-state index is 8.27. The van der Waals surface area contributed by atoms with Gasteiger partial charge in [-0.15, -0.1) is 0 Å². The standard InChI is InChI=1S/C9H5Cl2N/c10-8-5-1-3-7(9(8)11)4-2-6-12/h1-5H/b4-2+. The summed E-state index contributed by atoms with van der Waals surface area (Å²) in [5.41, 5.74) is 0.755. The van der Waals surface area contributed by atoms with Crippen LogP contribution >= 0.6 is 23.2 Å². The minimum absolute atomic E-state index is 0.477. The van der Waals surface area contributed by atoms with Crippen molar-refractivity contribution in [1.29, 1.82) is 5.26 Å². The van der Waals surface area contributed by atoms with Crippen LogP contribution in [0.3, 0.4) is 0 Å². The van der Waals surface area contributed by atoms with Crippen LogP contribution in [0.4, 0.5) is 0 Å². The molecule has 0 aliphatic carbocycles. The summed E-state index contributed by atoms with van der Waals surface area (Å²) in [6, 6.07) is 7.16. The lowest BCUT2D eigenvalue weighted by atomic mass is 10.2. The largest absolute Gasteiger partial charge is 0.193 e. The molecule has 0 fully saturated rings. The number of benzene rings is 1. The molecule has 0 atom stereocenters. The highest BCUT2D eigenvalue weighted by Gasteiger charge is 1.99. The molecule has 0 aliphatic heterocycles. The summed E-state index contributed by atoms with van der Waals surface area (Å²) in [5, 5.41) is 9.25. The molecule has 0 aliphatic rings. The Hall–Kier alpha value is -0.970. The lowest BCUT2D eigenvalue weighted by molar-refractivity contribution is 1.54. The normalized spacial score (nSPS) is 10.1. The quantitative estimate of drug-likeness (QED) is 0.633. The second kappa shape index (κ2) is 4.15. The molecule has 1 aromatic rings. The molecule has 3 heteroatoms. The third-order valence-corrected chi connectivity index (χ3v) is 2.15. The van der Waals surface area contributed by atoms with Gasteiger partial charge in [0.15, 0.2) is 0 Å². The van der Waals surface area contributed by atoms with E-state index in [0.717, 1.165) is 5.56 Å². The van der Waals surface area contributed by atoms with E-state index in [1.807, 2.05) is 6.07 Å². The van der Waals surface area contributed by atoms with Crippen molar-refractivity contribution in [3.8, 4) is 6.07 Å². The molecule has 0 aromatic heterocycles. The fraction of sp³-hybridized carbons (Fsp3) is 0. The number of hydrogen-bond donors (Lipinski definition) is 0. The molecule has 0 radical (unpaired) electrons. The van der Waals surface area contributed by atoms with Gasteiger partial charge in [-0.2, -0.15) is 5.26 Å². The molecule has 60 valence electrons. The van der Waals surface area contributed by atoms with Gasteiger partial charge in [-0.05, 0) is 17.7 Å². The van der Waals surface area contributed by atoms with Crippen molar-refractivity contribution in [2.45, 2.75) is 0 Å². The first-order chi connectivity index (χ1) is 5.75. The zero-order valence-corrected chi connectivity index (χ0v) is 7.60. The van der Waals surface area contributed by atoms with Crippen LogP contribution in [-0.2, 0) is 0 Å². The van der Waals surface area contributed by atoms with Crippen molar-refractivity contribution >= 4 is 29.3 Å². The Balaban J connectivity index is 3.10. The second-order valence-electron chi connectivity index (χ2n) is 2.11. The van der Waals surface area contributed by atoms with Crippen molar-refractivity contribution in [1.82, 2.24) is 0 Å². The van der Waals surface area contributed by atoms with Crippen molar-refractivity contribution in [2.24, 2.45) is 0 Å². The first-order valence-electron chi connectivity index (χ1n) is 3.26. The Kier molecular flexibility index (Phi) is 3.16. The van der Waals surface area contributed by atoms with Crippen LogP contribution in [0.25, 0.3) is 6.08 Å². The minimum atomic E-state index is 0.477. The van der Waals surface area contributed by atoms with Crippen LogP contribution in [0.15, 0.2) is 24.3 Å². The third-order valence-electron chi connectivity index (χ3n) is 1.32. The first-order valence-corrected chi connectivity index (χ1v) is 4.01. The number of halogens is 2. The Bertz CT molecular complexity index is 350. The summed E-state index contributed by atoms with van der Waals surface area (Å²) < 4.78 is 0. The van der Waals surface area contributed by atoms with Crippen LogP contribution < -0.4 is 0 Å². The van der Waals surface area contributed by atoms with Crippen LogP contribution in [0.5, 0.6) is 0 Å². The van der Waals surface area contributed by atoms with Crippen LogP contribution in [-0.4, -0.2) is 0 Å². The van der Waals surface area contributed by atoms with E-state index in [-0.39, 0.29) is 0 Å². The van der Waals surface area contributed by atoms with E-state index in [1.54, 1.807) is 24.3 Å². The van der Waals surface area contributed by atoms with Crippen molar-refractivity contribution in [3.05, 3.63) is 39.9 Å². The highest BCUT2D eigenvalue weighted by Crippen LogP contribution is 2.26. The van der Waals surface area contributed by atoms with Gasteiger partial charge in [0.1, 0.15) is 0 Å². The SMILES string of the molecule is N#C/C=C/c1cccc(Cl)c1Cl. The number of nitrogens with zero attached hydrogens (tertiary/aromatic N) is 1. The lowest BCUT2D eigenvalue weighted by Crippen LogP contribution is -1.74. The van der Waals surface area contributed by atoms with E-state index in [0.29, 0.717) is 10.0 Å². The van der Waals surface area contributed by atoms with E-state index in [9.17, 15) is 0 Å². The van der Waals surface area contributed by atoms with E-state index in [4.69, 9.17) is 28.5 Å². The predicted molar refractivity (Wildman–Crippen MR) is 51.1 cm³/mol. The van der Waals surface area contributed by atoms with Gasteiger partial charge in [-0.1, -0.05) is 35.3 Å². The Labute approximate surface area is 80.8 Å². The van der Waals surface area contributed by atoms with Gasteiger partial charge in [0.25, 0.3) is 0 Å². The fourth-order valence-electron chi connectivity index (χ4n) is 0.776. The third kappa shape index (κ3) is 2.01. The molecular weight excluding hydrogens is 193 g/mol. The highest BCUT2D eigenvalue weighted by molar-refractivity contribution is 6.42. The number of hydrogen-bond acceptors (Lipinski definition) is 1. The maximum atomic E-state index is 8.27. The van der Waals surface area contributed by atoms with Gasteiger partial charge in [0, 0.05) is 6.08 Å². The zero-order chi connectivity index (χ0) is 8.97. The van der Waals surface area contributed by atoms with Gasteiger partial charge in [0.05, 0.1) is 16.1 Å². The molecule has 1 nitrogen and oxygen atoms in total. The monoisotopic (exact) mass is 197 g/mol. The molecule has 0 saturated carbocycles. The molecule has 0 N–H and O–H groups in total. The summed E-state index contributed by atoms with van der Waals surface area (Å²) in [6.07, 6.45) is 2.98. The molecule has 0 saturated heterocycles. The number of allylic oxidation sites excluding steroid dienone is 1. The summed E-state index contributed by atoms with van der Waals surface area (Å²) in [7, 11) is 0. The molecule has 0 heterocycles. The summed E-state index contributed by atoms with van der Waals surface area (Å²) >= 11 is 11.6. The number of rotatable bonds is 1. The van der Waals surface area contributed by atoms with Gasteiger partial charge in [-0.3, -0.25) is 0 Å². The predicted octanol–water partition coefficient (Wildman–Crippen LogP) is 3.53. The number of nitriles is 1. The molecule has 12 heavy (non-hydrogen) atoms. The Morgan fingerprint density at radius 1 is 1.33 bits per heavy atom. The Morgan fingerprint density at radius 2 is 2.08 bits per heavy atom. The lowest BCUT2D eigenvalue weighted by Gasteiger charge is -1.98. The smallest absolute Gasteiger partial charge is 0.0912 e. The first kappa shape index (κ1) is 9.12. The highest BCUT2D eigenvalue weighted by atomic mass is 35.5. The van der Waals surface area contributed by atoms with Gasteiger partial charge in [-0.25, -0.2) is 0 Å². The van der Waals surface area contributed by atoms with Crippen molar-refractivity contribution in [2.75, 3.05) is 0 Å². The van der Waals surface area contributed by atoms with Crippen LogP contribution in [0.1, 0.15) is 5.56 Å². The fourth-order valence-corrected chi connectivity index (χ4v) is 1.15.